The summed E-state index contributed by atoms with van der Waals surface area (Å²) in [5.41, 5.74) is 3.36. The third-order valence-corrected chi connectivity index (χ3v) is 6.19. The fourth-order valence-electron chi connectivity index (χ4n) is 3.56. The second kappa shape index (κ2) is 8.34. The van der Waals surface area contributed by atoms with Gasteiger partial charge in [0, 0.05) is 28.1 Å². The first-order chi connectivity index (χ1) is 15.1. The highest BCUT2D eigenvalue weighted by Crippen LogP contribution is 2.35. The molecule has 3 heterocycles. The van der Waals surface area contributed by atoms with E-state index in [1.807, 2.05) is 49.4 Å². The van der Waals surface area contributed by atoms with Crippen molar-refractivity contribution in [1.29, 1.82) is 0 Å². The Balaban J connectivity index is 1.61. The fourth-order valence-corrected chi connectivity index (χ4v) is 4.79. The highest BCUT2D eigenvalue weighted by atomic mass is 35.5. The third kappa shape index (κ3) is 3.92. The number of thioether (sulfide) groups is 1. The van der Waals surface area contributed by atoms with Gasteiger partial charge < -0.3 is 9.47 Å². The zero-order chi connectivity index (χ0) is 21.4. The maximum absolute atomic E-state index is 13.4. The number of rotatable bonds is 4. The number of fused-ring (bicyclic) bond motifs is 2. The molecule has 1 aliphatic rings. The summed E-state index contributed by atoms with van der Waals surface area (Å²) in [7, 11) is 0. The third-order valence-electron chi connectivity index (χ3n) is 4.98. The minimum atomic E-state index is -0.149. The monoisotopic (exact) mass is 451 g/mol. The largest absolute Gasteiger partial charge is 0.467 e. The maximum atomic E-state index is 13.4. The number of ether oxygens (including phenoxy) is 2. The van der Waals surface area contributed by atoms with Crippen molar-refractivity contribution in [2.75, 3.05) is 6.79 Å². The number of aryl methyl sites for hydroxylation is 1. The molecule has 1 aliphatic heterocycles. The van der Waals surface area contributed by atoms with Gasteiger partial charge in [-0.3, -0.25) is 4.79 Å². The molecular formula is C23H18ClN3O3S. The lowest BCUT2D eigenvalue weighted by Crippen LogP contribution is -2.22. The van der Waals surface area contributed by atoms with Crippen LogP contribution >= 0.6 is 23.4 Å². The Morgan fingerprint density at radius 3 is 2.94 bits per heavy atom. The number of hydrogen-bond acceptors (Lipinski definition) is 6. The highest BCUT2D eigenvalue weighted by molar-refractivity contribution is 7.98. The molecule has 4 aromatic rings. The molecule has 0 saturated heterocycles. The standard InChI is InChI=1S/C23H18ClN3O3S/c1-14-6-7-25-20(8-14)27-22(28)18-4-2-3-5-19(18)26-23(27)31-12-16-10-17(24)9-15-11-29-13-30-21(15)16/h2-10H,11-13H2,1H3. The zero-order valence-corrected chi connectivity index (χ0v) is 18.2. The van der Waals surface area contributed by atoms with Crippen molar-refractivity contribution in [2.45, 2.75) is 24.4 Å². The normalized spacial score (nSPS) is 13.1. The molecule has 0 fully saturated rings. The van der Waals surface area contributed by atoms with Crippen molar-refractivity contribution in [2.24, 2.45) is 0 Å². The molecule has 0 aliphatic carbocycles. The SMILES string of the molecule is Cc1ccnc(-n2c(SCc3cc(Cl)cc4c3OCOC4)nc3ccccc3c2=O)c1. The second-order valence-electron chi connectivity index (χ2n) is 7.20. The molecule has 5 rings (SSSR count). The molecular weight excluding hydrogens is 434 g/mol. The van der Waals surface area contributed by atoms with Crippen LogP contribution in [0.25, 0.3) is 16.7 Å². The minimum absolute atomic E-state index is 0.149. The summed E-state index contributed by atoms with van der Waals surface area (Å²) >= 11 is 7.75. The predicted molar refractivity (Wildman–Crippen MR) is 121 cm³/mol. The van der Waals surface area contributed by atoms with Crippen molar-refractivity contribution < 1.29 is 9.47 Å². The van der Waals surface area contributed by atoms with Gasteiger partial charge in [-0.1, -0.05) is 35.5 Å². The first-order valence-corrected chi connectivity index (χ1v) is 11.1. The zero-order valence-electron chi connectivity index (χ0n) is 16.7. The van der Waals surface area contributed by atoms with Crippen LogP contribution in [0.2, 0.25) is 5.02 Å². The Kier molecular flexibility index (Phi) is 5.40. The Morgan fingerprint density at radius 1 is 1.19 bits per heavy atom. The molecule has 156 valence electrons. The molecule has 6 nitrogen and oxygen atoms in total. The number of para-hydroxylation sites is 1. The predicted octanol–water partition coefficient (Wildman–Crippen LogP) is 4.90. The van der Waals surface area contributed by atoms with Crippen molar-refractivity contribution in [1.82, 2.24) is 14.5 Å². The van der Waals surface area contributed by atoms with Gasteiger partial charge in [-0.2, -0.15) is 0 Å². The van der Waals surface area contributed by atoms with Gasteiger partial charge in [0.15, 0.2) is 11.9 Å². The van der Waals surface area contributed by atoms with E-state index in [1.165, 1.54) is 11.8 Å². The first-order valence-electron chi connectivity index (χ1n) is 9.69. The molecule has 0 spiro atoms. The van der Waals surface area contributed by atoms with Crippen LogP contribution in [0, 0.1) is 6.92 Å². The Morgan fingerprint density at radius 2 is 2.06 bits per heavy atom. The lowest BCUT2D eigenvalue weighted by molar-refractivity contribution is -0.0168. The van der Waals surface area contributed by atoms with Crippen LogP contribution < -0.4 is 10.3 Å². The summed E-state index contributed by atoms with van der Waals surface area (Å²) in [5.74, 6) is 1.86. The average molecular weight is 452 g/mol. The Hall–Kier alpha value is -2.87. The van der Waals surface area contributed by atoms with Gasteiger partial charge in [-0.15, -0.1) is 0 Å². The summed E-state index contributed by atoms with van der Waals surface area (Å²) in [6, 6.07) is 14.8. The van der Waals surface area contributed by atoms with Crippen molar-refractivity contribution in [3.05, 3.63) is 86.8 Å². The van der Waals surface area contributed by atoms with Gasteiger partial charge >= 0.3 is 0 Å². The fraction of sp³-hybridized carbons (Fsp3) is 0.174. The quantitative estimate of drug-likeness (QED) is 0.325. The number of halogens is 1. The van der Waals surface area contributed by atoms with Crippen molar-refractivity contribution in [3.8, 4) is 11.6 Å². The van der Waals surface area contributed by atoms with Crippen LogP contribution in [-0.4, -0.2) is 21.3 Å². The number of hydrogen-bond donors (Lipinski definition) is 0. The topological polar surface area (TPSA) is 66.2 Å². The lowest BCUT2D eigenvalue weighted by atomic mass is 10.1. The first kappa shape index (κ1) is 20.1. The number of benzene rings is 2. The van der Waals surface area contributed by atoms with Crippen LogP contribution in [-0.2, 0) is 17.1 Å². The molecule has 8 heteroatoms. The van der Waals surface area contributed by atoms with Gasteiger partial charge in [-0.05, 0) is 48.9 Å². The van der Waals surface area contributed by atoms with Gasteiger partial charge in [0.05, 0.1) is 17.5 Å². The van der Waals surface area contributed by atoms with E-state index >= 15 is 0 Å². The molecule has 0 saturated carbocycles. The second-order valence-corrected chi connectivity index (χ2v) is 8.57. The van der Waals surface area contributed by atoms with Crippen LogP contribution in [0.1, 0.15) is 16.7 Å². The molecule has 0 bridgehead atoms. The summed E-state index contributed by atoms with van der Waals surface area (Å²) in [5, 5.41) is 1.73. The summed E-state index contributed by atoms with van der Waals surface area (Å²) in [4.78, 5) is 22.6. The van der Waals surface area contributed by atoms with Gasteiger partial charge in [0.1, 0.15) is 11.6 Å². The van der Waals surface area contributed by atoms with Gasteiger partial charge in [-0.25, -0.2) is 14.5 Å². The molecule has 2 aromatic carbocycles. The average Bonchev–Trinajstić information content (AvgIpc) is 2.77. The van der Waals surface area contributed by atoms with Gasteiger partial charge in [0.2, 0.25) is 0 Å². The molecule has 0 amide bonds. The highest BCUT2D eigenvalue weighted by Gasteiger charge is 2.19. The van der Waals surface area contributed by atoms with Crippen LogP contribution in [0.3, 0.4) is 0 Å². The van der Waals surface area contributed by atoms with Crippen molar-refractivity contribution >= 4 is 34.3 Å². The number of nitrogens with zero attached hydrogens (tertiary/aromatic N) is 3. The van der Waals surface area contributed by atoms with E-state index < -0.39 is 0 Å². The van der Waals surface area contributed by atoms with Crippen LogP contribution in [0.4, 0.5) is 0 Å². The molecule has 0 atom stereocenters. The Labute approximate surface area is 187 Å². The minimum Gasteiger partial charge on any atom is -0.467 e. The Bertz CT molecular complexity index is 1360. The molecule has 2 aromatic heterocycles. The lowest BCUT2D eigenvalue weighted by Gasteiger charge is -2.21. The summed E-state index contributed by atoms with van der Waals surface area (Å²) in [6.45, 7) is 2.63. The smallest absolute Gasteiger partial charge is 0.267 e. The van der Waals surface area contributed by atoms with E-state index in [4.69, 9.17) is 26.1 Å². The van der Waals surface area contributed by atoms with Crippen LogP contribution in [0.5, 0.6) is 5.75 Å². The van der Waals surface area contributed by atoms with Crippen LogP contribution in [0.15, 0.2) is 64.7 Å². The van der Waals surface area contributed by atoms with E-state index in [9.17, 15) is 4.79 Å². The van der Waals surface area contributed by atoms with E-state index in [-0.39, 0.29) is 12.4 Å². The van der Waals surface area contributed by atoms with E-state index in [1.54, 1.807) is 16.8 Å². The van der Waals surface area contributed by atoms with Crippen molar-refractivity contribution in [3.63, 3.8) is 0 Å². The molecule has 0 N–H and O–H groups in total. The van der Waals surface area contributed by atoms with E-state index in [2.05, 4.69) is 4.98 Å². The number of aromatic nitrogens is 3. The summed E-state index contributed by atoms with van der Waals surface area (Å²) in [6.07, 6.45) is 1.70. The van der Waals surface area contributed by atoms with E-state index in [0.29, 0.717) is 39.3 Å². The maximum Gasteiger partial charge on any atom is 0.267 e. The van der Waals surface area contributed by atoms with E-state index in [0.717, 1.165) is 22.4 Å². The van der Waals surface area contributed by atoms with Gasteiger partial charge in [0.25, 0.3) is 5.56 Å². The molecule has 0 unspecified atom stereocenters. The number of pyridine rings is 1. The molecule has 31 heavy (non-hydrogen) atoms. The molecule has 0 radical (unpaired) electrons. The summed E-state index contributed by atoms with van der Waals surface area (Å²) < 4.78 is 12.7.